The van der Waals surface area contributed by atoms with E-state index in [1.807, 2.05) is 27.7 Å². The van der Waals surface area contributed by atoms with Crippen molar-refractivity contribution in [3.05, 3.63) is 0 Å². The fraction of sp³-hybridized carbons (Fsp3) is 1.00. The summed E-state index contributed by atoms with van der Waals surface area (Å²) < 4.78 is 0. The fourth-order valence-corrected chi connectivity index (χ4v) is 0.612. The average Bonchev–Trinajstić information content (AvgIpc) is 1.93. The topological polar surface area (TPSA) is 0 Å². The quantitative estimate of drug-likeness (QED) is 0.472. The summed E-state index contributed by atoms with van der Waals surface area (Å²) in [5, 5.41) is 0. The van der Waals surface area contributed by atoms with Crippen LogP contribution in [0.5, 0.6) is 0 Å². The predicted molar refractivity (Wildman–Crippen MR) is 52.4 cm³/mol. The highest BCUT2D eigenvalue weighted by molar-refractivity contribution is 4.62. The monoisotopic (exact) mass is 146 g/mol. The largest absolute Gasteiger partial charge is 0.0776 e. The second-order valence-electron chi connectivity index (χ2n) is 2.04. The minimum absolute atomic E-state index is 0. The second kappa shape index (κ2) is 16.0. The van der Waals surface area contributed by atoms with Crippen LogP contribution in [-0.2, 0) is 0 Å². The van der Waals surface area contributed by atoms with Crippen molar-refractivity contribution >= 4 is 0 Å². The van der Waals surface area contributed by atoms with Crippen LogP contribution in [0.15, 0.2) is 0 Å². The van der Waals surface area contributed by atoms with Crippen molar-refractivity contribution in [1.29, 1.82) is 0 Å². The molecule has 0 nitrogen and oxygen atoms in total. The molecule has 1 rings (SSSR count). The van der Waals surface area contributed by atoms with E-state index in [1.165, 1.54) is 19.3 Å². The molecule has 1 saturated carbocycles. The predicted octanol–water partition coefficient (Wildman–Crippen LogP) is 4.49. The van der Waals surface area contributed by atoms with Crippen LogP contribution in [0, 0.1) is 5.92 Å². The molecule has 10 heavy (non-hydrogen) atoms. The third kappa shape index (κ3) is 10.9. The first-order valence-corrected chi connectivity index (χ1v) is 4.39. The van der Waals surface area contributed by atoms with Crippen molar-refractivity contribution in [2.45, 2.75) is 61.3 Å². The molecule has 0 spiro atoms. The first kappa shape index (κ1) is 16.5. The van der Waals surface area contributed by atoms with E-state index in [4.69, 9.17) is 0 Å². The molecule has 0 amide bonds. The molecule has 1 aliphatic rings. The van der Waals surface area contributed by atoms with E-state index in [-0.39, 0.29) is 7.43 Å². The smallest absolute Gasteiger partial charge is 0.0443 e. The molecule has 1 aliphatic carbocycles. The molecule has 0 atom stereocenters. The molecule has 0 heteroatoms. The van der Waals surface area contributed by atoms with Gasteiger partial charge >= 0.3 is 0 Å². The lowest BCUT2D eigenvalue weighted by Crippen LogP contribution is -2.04. The summed E-state index contributed by atoms with van der Waals surface area (Å²) in [5.74, 6) is 1.06. The summed E-state index contributed by atoms with van der Waals surface area (Å²) in [6, 6.07) is 0. The van der Waals surface area contributed by atoms with Crippen LogP contribution in [-0.4, -0.2) is 0 Å². The highest BCUT2D eigenvalue weighted by Gasteiger charge is 2.09. The molecular weight excluding hydrogens is 120 g/mol. The molecule has 0 aromatic rings. The van der Waals surface area contributed by atoms with Gasteiger partial charge in [-0.05, 0) is 5.92 Å². The van der Waals surface area contributed by atoms with Crippen LogP contribution in [0.25, 0.3) is 0 Å². The van der Waals surface area contributed by atoms with Gasteiger partial charge in [0, 0.05) is 0 Å². The highest BCUT2D eigenvalue weighted by atomic mass is 14.1. The van der Waals surface area contributed by atoms with Crippen molar-refractivity contribution in [3.8, 4) is 0 Å². The number of rotatable bonds is 0. The maximum Gasteiger partial charge on any atom is -0.0443 e. The Bertz CT molecular complexity index is 27.0. The SMILES string of the molecule is C.CC.CC.CC1CCC1. The lowest BCUT2D eigenvalue weighted by Gasteiger charge is -2.18. The molecule has 0 unspecified atom stereocenters. The molecule has 0 bridgehead atoms. The van der Waals surface area contributed by atoms with Gasteiger partial charge in [-0.25, -0.2) is 0 Å². The Morgan fingerprint density at radius 1 is 0.900 bits per heavy atom. The molecule has 0 saturated heterocycles. The third-order valence-electron chi connectivity index (χ3n) is 1.39. The molecule has 0 aromatic carbocycles. The van der Waals surface area contributed by atoms with Crippen LogP contribution in [0.2, 0.25) is 0 Å². The van der Waals surface area contributed by atoms with E-state index >= 15 is 0 Å². The van der Waals surface area contributed by atoms with Crippen molar-refractivity contribution in [2.24, 2.45) is 5.92 Å². The summed E-state index contributed by atoms with van der Waals surface area (Å²) in [4.78, 5) is 0. The summed E-state index contributed by atoms with van der Waals surface area (Å²) in [5.41, 5.74) is 0. The summed E-state index contributed by atoms with van der Waals surface area (Å²) in [7, 11) is 0. The lowest BCUT2D eigenvalue weighted by molar-refractivity contribution is 0.346. The van der Waals surface area contributed by atoms with Crippen molar-refractivity contribution < 1.29 is 0 Å². The van der Waals surface area contributed by atoms with Crippen molar-refractivity contribution in [3.63, 3.8) is 0 Å². The van der Waals surface area contributed by atoms with E-state index in [9.17, 15) is 0 Å². The van der Waals surface area contributed by atoms with Gasteiger partial charge in [0.15, 0.2) is 0 Å². The third-order valence-corrected chi connectivity index (χ3v) is 1.39. The minimum Gasteiger partial charge on any atom is -0.0776 e. The normalized spacial score (nSPS) is 14.1. The molecule has 0 aliphatic heterocycles. The summed E-state index contributed by atoms with van der Waals surface area (Å²) in [6.07, 6.45) is 4.46. The Labute approximate surface area is 68.0 Å². The number of hydrogen-bond donors (Lipinski definition) is 0. The Morgan fingerprint density at radius 3 is 1.10 bits per heavy atom. The van der Waals surface area contributed by atoms with E-state index in [1.54, 1.807) is 0 Å². The molecular formula is C10H26. The van der Waals surface area contributed by atoms with Gasteiger partial charge in [0.05, 0.1) is 0 Å². The lowest BCUT2D eigenvalue weighted by atomic mass is 9.88. The van der Waals surface area contributed by atoms with Gasteiger partial charge in [0.2, 0.25) is 0 Å². The summed E-state index contributed by atoms with van der Waals surface area (Å²) >= 11 is 0. The first-order valence-electron chi connectivity index (χ1n) is 4.39. The van der Waals surface area contributed by atoms with Gasteiger partial charge in [0.1, 0.15) is 0 Å². The van der Waals surface area contributed by atoms with Gasteiger partial charge in [0.25, 0.3) is 0 Å². The van der Waals surface area contributed by atoms with Gasteiger partial charge in [-0.1, -0.05) is 61.3 Å². The molecule has 0 heterocycles. The average molecular weight is 146 g/mol. The Balaban J connectivity index is -0.0000000875. The zero-order valence-electron chi connectivity index (χ0n) is 7.70. The first-order chi connectivity index (χ1) is 4.39. The van der Waals surface area contributed by atoms with Gasteiger partial charge < -0.3 is 0 Å². The van der Waals surface area contributed by atoms with Crippen LogP contribution in [0.3, 0.4) is 0 Å². The standard InChI is InChI=1S/C5H10.2C2H6.CH4/c1-5-3-2-4-5;2*1-2;/h5H,2-4H2,1H3;2*1-2H3;1H4. The Morgan fingerprint density at radius 2 is 1.10 bits per heavy atom. The van der Waals surface area contributed by atoms with Gasteiger partial charge in [-0.3, -0.25) is 0 Å². The fourth-order valence-electron chi connectivity index (χ4n) is 0.612. The molecule has 66 valence electrons. The summed E-state index contributed by atoms with van der Waals surface area (Å²) in [6.45, 7) is 10.3. The minimum atomic E-state index is 0. The molecule has 0 N–H and O–H groups in total. The van der Waals surface area contributed by atoms with Crippen molar-refractivity contribution in [2.75, 3.05) is 0 Å². The van der Waals surface area contributed by atoms with Crippen LogP contribution in [0.4, 0.5) is 0 Å². The number of hydrogen-bond acceptors (Lipinski definition) is 0. The maximum atomic E-state index is 2.31. The van der Waals surface area contributed by atoms with Crippen LogP contribution >= 0.6 is 0 Å². The highest BCUT2D eigenvalue weighted by Crippen LogP contribution is 2.24. The Kier molecular flexibility index (Phi) is 26.4. The van der Waals surface area contributed by atoms with Crippen LogP contribution in [0.1, 0.15) is 61.3 Å². The maximum absolute atomic E-state index is 2.31. The second-order valence-corrected chi connectivity index (χ2v) is 2.04. The molecule has 0 radical (unpaired) electrons. The zero-order valence-corrected chi connectivity index (χ0v) is 7.70. The van der Waals surface area contributed by atoms with Gasteiger partial charge in [-0.15, -0.1) is 0 Å². The van der Waals surface area contributed by atoms with Crippen molar-refractivity contribution in [1.82, 2.24) is 0 Å². The Hall–Kier alpha value is 0. The van der Waals surface area contributed by atoms with E-state index in [0.717, 1.165) is 5.92 Å². The molecule has 0 aromatic heterocycles. The van der Waals surface area contributed by atoms with Crippen LogP contribution < -0.4 is 0 Å². The zero-order chi connectivity index (χ0) is 7.70. The van der Waals surface area contributed by atoms with E-state index in [0.29, 0.717) is 0 Å². The van der Waals surface area contributed by atoms with E-state index < -0.39 is 0 Å². The molecule has 1 fully saturated rings. The van der Waals surface area contributed by atoms with E-state index in [2.05, 4.69) is 6.92 Å². The van der Waals surface area contributed by atoms with Gasteiger partial charge in [-0.2, -0.15) is 0 Å².